The van der Waals surface area contributed by atoms with E-state index in [1.807, 2.05) is 91.0 Å². The van der Waals surface area contributed by atoms with Crippen molar-refractivity contribution in [3.63, 3.8) is 0 Å². The van der Waals surface area contributed by atoms with E-state index in [4.69, 9.17) is 23.7 Å². The lowest BCUT2D eigenvalue weighted by molar-refractivity contribution is -0.270. The van der Waals surface area contributed by atoms with E-state index in [1.54, 1.807) is 0 Å². The highest BCUT2D eigenvalue weighted by Crippen LogP contribution is 2.38. The molecule has 4 rings (SSSR count). The van der Waals surface area contributed by atoms with Gasteiger partial charge in [-0.25, -0.2) is 0 Å². The molecule has 1 N–H and O–H groups in total. The van der Waals surface area contributed by atoms with E-state index in [9.17, 15) is 14.7 Å². The summed E-state index contributed by atoms with van der Waals surface area (Å²) in [5.41, 5.74) is 1.07. The fourth-order valence-electron chi connectivity index (χ4n) is 4.95. The van der Waals surface area contributed by atoms with Crippen LogP contribution in [0.5, 0.6) is 0 Å². The molecule has 8 nitrogen and oxygen atoms in total. The van der Waals surface area contributed by atoms with Crippen molar-refractivity contribution in [2.24, 2.45) is 0 Å². The zero-order chi connectivity index (χ0) is 28.4. The van der Waals surface area contributed by atoms with Gasteiger partial charge < -0.3 is 28.8 Å². The monoisotopic (exact) mass is 548 g/mol. The van der Waals surface area contributed by atoms with Crippen LogP contribution in [0.4, 0.5) is 0 Å². The minimum atomic E-state index is -1.64. The molecule has 5 atom stereocenters. The molecule has 40 heavy (non-hydrogen) atoms. The van der Waals surface area contributed by atoms with Crippen molar-refractivity contribution in [2.75, 3.05) is 6.61 Å². The molecule has 1 fully saturated rings. The molecule has 0 bridgehead atoms. The van der Waals surface area contributed by atoms with Gasteiger partial charge in [0.2, 0.25) is 0 Å². The predicted molar refractivity (Wildman–Crippen MR) is 147 cm³/mol. The Kier molecular flexibility index (Phi) is 10.4. The van der Waals surface area contributed by atoms with Gasteiger partial charge in [0, 0.05) is 20.3 Å². The number of ether oxygens (including phenoxy) is 5. The topological polar surface area (TPSA) is 101 Å². The third-order valence-corrected chi connectivity index (χ3v) is 6.71. The quantitative estimate of drug-likeness (QED) is 0.333. The Morgan fingerprint density at radius 2 is 1.18 bits per heavy atom. The minimum Gasteiger partial charge on any atom is -0.458 e. The summed E-state index contributed by atoms with van der Waals surface area (Å²) in [6, 6.07) is 28.6. The first-order valence-corrected chi connectivity index (χ1v) is 13.3. The van der Waals surface area contributed by atoms with E-state index in [-0.39, 0.29) is 32.8 Å². The highest BCUT2D eigenvalue weighted by atomic mass is 16.6. The highest BCUT2D eigenvalue weighted by Gasteiger charge is 2.57. The molecule has 3 aromatic carbocycles. The average Bonchev–Trinajstić information content (AvgIpc) is 2.94. The zero-order valence-electron chi connectivity index (χ0n) is 22.8. The van der Waals surface area contributed by atoms with Crippen LogP contribution in [0.3, 0.4) is 0 Å². The van der Waals surface area contributed by atoms with Crippen LogP contribution in [-0.4, -0.2) is 53.7 Å². The second-order valence-electron chi connectivity index (χ2n) is 9.99. The van der Waals surface area contributed by atoms with Crippen molar-refractivity contribution < 1.29 is 38.4 Å². The lowest BCUT2D eigenvalue weighted by atomic mass is 9.77. The molecule has 0 amide bonds. The Hall–Kier alpha value is -3.56. The number of rotatable bonds is 12. The lowest BCUT2D eigenvalue weighted by Crippen LogP contribution is -2.67. The summed E-state index contributed by atoms with van der Waals surface area (Å²) in [5, 5.41) is 12.1. The summed E-state index contributed by atoms with van der Waals surface area (Å²) in [7, 11) is 0. The van der Waals surface area contributed by atoms with Crippen LogP contribution in [0.1, 0.15) is 37.0 Å². The van der Waals surface area contributed by atoms with Crippen molar-refractivity contribution in [3.05, 3.63) is 108 Å². The van der Waals surface area contributed by atoms with Crippen LogP contribution in [0.15, 0.2) is 91.0 Å². The lowest BCUT2D eigenvalue weighted by Gasteiger charge is -2.49. The fraction of sp³-hybridized carbons (Fsp3) is 0.375. The molecule has 0 aliphatic heterocycles. The molecular formula is C32H36O8. The first-order chi connectivity index (χ1) is 19.3. The Labute approximate surface area is 234 Å². The Morgan fingerprint density at radius 1 is 0.700 bits per heavy atom. The first kappa shape index (κ1) is 29.4. The van der Waals surface area contributed by atoms with Gasteiger partial charge >= 0.3 is 11.9 Å². The van der Waals surface area contributed by atoms with Gasteiger partial charge in [-0.15, -0.1) is 0 Å². The summed E-state index contributed by atoms with van der Waals surface area (Å²) in [6.45, 7) is 3.01. The van der Waals surface area contributed by atoms with Crippen LogP contribution < -0.4 is 0 Å². The maximum Gasteiger partial charge on any atom is 0.303 e. The molecule has 3 aromatic rings. The van der Waals surface area contributed by atoms with E-state index in [0.29, 0.717) is 0 Å². The van der Waals surface area contributed by atoms with Crippen molar-refractivity contribution in [2.45, 2.75) is 70.1 Å². The third kappa shape index (κ3) is 8.22. The van der Waals surface area contributed by atoms with Crippen molar-refractivity contribution in [3.8, 4) is 0 Å². The van der Waals surface area contributed by atoms with Crippen LogP contribution >= 0.6 is 0 Å². The Morgan fingerprint density at radius 3 is 1.68 bits per heavy atom. The molecular weight excluding hydrogens is 512 g/mol. The van der Waals surface area contributed by atoms with Gasteiger partial charge in [-0.2, -0.15) is 0 Å². The van der Waals surface area contributed by atoms with Gasteiger partial charge in [0.1, 0.15) is 23.9 Å². The average molecular weight is 549 g/mol. The van der Waals surface area contributed by atoms with E-state index in [1.165, 1.54) is 13.8 Å². The normalized spacial score (nSPS) is 24.3. The predicted octanol–water partition coefficient (Wildman–Crippen LogP) is 4.37. The second kappa shape index (κ2) is 14.2. The number of aliphatic hydroxyl groups is 1. The van der Waals surface area contributed by atoms with E-state index in [2.05, 4.69) is 0 Å². The Bertz CT molecular complexity index is 1200. The maximum absolute atomic E-state index is 12.2. The smallest absolute Gasteiger partial charge is 0.303 e. The number of hydrogen-bond donors (Lipinski definition) is 1. The molecule has 1 aliphatic carbocycles. The van der Waals surface area contributed by atoms with Crippen molar-refractivity contribution in [1.82, 2.24) is 0 Å². The Balaban J connectivity index is 1.66. The molecule has 0 radical (unpaired) electrons. The molecule has 212 valence electrons. The number of carbonyl (C=O) groups excluding carboxylic acids is 2. The summed E-state index contributed by atoms with van der Waals surface area (Å²) >= 11 is 0. The zero-order valence-corrected chi connectivity index (χ0v) is 22.8. The largest absolute Gasteiger partial charge is 0.458 e. The van der Waals surface area contributed by atoms with E-state index in [0.717, 1.165) is 16.7 Å². The number of carbonyl (C=O) groups is 2. The fourth-order valence-corrected chi connectivity index (χ4v) is 4.95. The van der Waals surface area contributed by atoms with Crippen LogP contribution in [0, 0.1) is 0 Å². The summed E-state index contributed by atoms with van der Waals surface area (Å²) in [5.74, 6) is -1.14. The summed E-state index contributed by atoms with van der Waals surface area (Å²) in [6.07, 6.45) is -4.03. The molecule has 0 spiro atoms. The molecule has 0 aromatic heterocycles. The number of esters is 2. The number of benzene rings is 3. The minimum absolute atomic E-state index is 0.0794. The maximum atomic E-state index is 12.2. The standard InChI is InChI=1S/C32H36O8/c1-23(33)39-28-18-32(35,22-36-19-25-12-6-3-7-13-25)31(38-21-27-16-10-5-11-17-27)30(29(28)40-24(2)34)37-20-26-14-8-4-9-15-26/h3-17,28-31,35H,18-22H2,1-2H3/t28-,29-,30+,31-,32-/m0/s1. The van der Waals surface area contributed by atoms with Gasteiger partial charge in [-0.1, -0.05) is 91.0 Å². The van der Waals surface area contributed by atoms with Crippen LogP contribution in [-0.2, 0) is 53.1 Å². The molecule has 1 saturated carbocycles. The second-order valence-corrected chi connectivity index (χ2v) is 9.99. The SMILES string of the molecule is CC(=O)O[C@@H]1[C@@H](OCc2ccccc2)[C@H](OCc2ccccc2)[C@@](O)(COCc2ccccc2)C[C@@H]1OC(C)=O. The third-order valence-electron chi connectivity index (χ3n) is 6.71. The van der Waals surface area contributed by atoms with Crippen LogP contribution in [0.25, 0.3) is 0 Å². The molecule has 0 heterocycles. The van der Waals surface area contributed by atoms with Gasteiger partial charge in [-0.05, 0) is 16.7 Å². The molecule has 8 heteroatoms. The van der Waals surface area contributed by atoms with Crippen LogP contribution in [0.2, 0.25) is 0 Å². The summed E-state index contributed by atoms with van der Waals surface area (Å²) < 4.78 is 30.0. The van der Waals surface area contributed by atoms with Gasteiger partial charge in [0.15, 0.2) is 6.10 Å². The van der Waals surface area contributed by atoms with Gasteiger partial charge in [0.25, 0.3) is 0 Å². The molecule has 0 unspecified atom stereocenters. The van der Waals surface area contributed by atoms with Gasteiger partial charge in [0.05, 0.1) is 26.4 Å². The van der Waals surface area contributed by atoms with E-state index < -0.39 is 42.0 Å². The van der Waals surface area contributed by atoms with E-state index >= 15 is 0 Å². The molecule has 0 saturated heterocycles. The highest BCUT2D eigenvalue weighted by molar-refractivity contribution is 5.67. The number of hydrogen-bond acceptors (Lipinski definition) is 8. The molecule has 1 aliphatic rings. The first-order valence-electron chi connectivity index (χ1n) is 13.3. The van der Waals surface area contributed by atoms with Crippen molar-refractivity contribution in [1.29, 1.82) is 0 Å². The van der Waals surface area contributed by atoms with Crippen molar-refractivity contribution >= 4 is 11.9 Å². The summed E-state index contributed by atoms with van der Waals surface area (Å²) in [4.78, 5) is 24.3. The van der Waals surface area contributed by atoms with Gasteiger partial charge in [-0.3, -0.25) is 9.59 Å².